The molecule has 0 aromatic heterocycles. The van der Waals surface area contributed by atoms with E-state index in [0.717, 1.165) is 12.1 Å². The standard InChI is InChI=1S/C18H16N2O6.C2H6O/c1-3-26-17-5-4-13(11(2)22)9-16(17)19-18(23)14-6-12(10-21)7-15(8-14)20(24)25;1-3-2/h4-10H,3H2,1-2H3,(H,19,23);1-2H3. The monoisotopic (exact) mass is 402 g/mol. The number of benzene rings is 2. The first-order valence-corrected chi connectivity index (χ1v) is 8.51. The summed E-state index contributed by atoms with van der Waals surface area (Å²) in [6.07, 6.45) is 0.422. The van der Waals surface area contributed by atoms with Crippen LogP contribution in [0.5, 0.6) is 5.75 Å². The molecule has 2 aromatic carbocycles. The number of carbonyl (C=O) groups excluding carboxylic acids is 3. The molecule has 2 aromatic rings. The van der Waals surface area contributed by atoms with Crippen molar-refractivity contribution in [1.29, 1.82) is 0 Å². The van der Waals surface area contributed by atoms with E-state index in [-0.39, 0.29) is 28.3 Å². The summed E-state index contributed by atoms with van der Waals surface area (Å²) in [6, 6.07) is 7.97. The number of methoxy groups -OCH3 is 1. The average molecular weight is 402 g/mol. The van der Waals surface area contributed by atoms with Gasteiger partial charge in [0.1, 0.15) is 12.0 Å². The molecule has 9 nitrogen and oxygen atoms in total. The van der Waals surface area contributed by atoms with E-state index in [9.17, 15) is 24.5 Å². The second-order valence-electron chi connectivity index (χ2n) is 5.75. The van der Waals surface area contributed by atoms with Gasteiger partial charge < -0.3 is 14.8 Å². The number of hydrogen-bond donors (Lipinski definition) is 1. The van der Waals surface area contributed by atoms with Crippen molar-refractivity contribution in [3.8, 4) is 5.75 Å². The third-order valence-electron chi connectivity index (χ3n) is 3.48. The van der Waals surface area contributed by atoms with Crippen LogP contribution in [0, 0.1) is 10.1 Å². The van der Waals surface area contributed by atoms with Crippen molar-refractivity contribution in [3.05, 3.63) is 63.2 Å². The smallest absolute Gasteiger partial charge is 0.270 e. The van der Waals surface area contributed by atoms with Crippen LogP contribution >= 0.6 is 0 Å². The van der Waals surface area contributed by atoms with Crippen molar-refractivity contribution in [2.24, 2.45) is 0 Å². The van der Waals surface area contributed by atoms with Gasteiger partial charge in [0, 0.05) is 43.0 Å². The van der Waals surface area contributed by atoms with E-state index in [2.05, 4.69) is 10.1 Å². The minimum Gasteiger partial charge on any atom is -0.492 e. The predicted molar refractivity (Wildman–Crippen MR) is 107 cm³/mol. The number of aldehydes is 1. The molecular weight excluding hydrogens is 380 g/mol. The zero-order valence-electron chi connectivity index (χ0n) is 16.6. The summed E-state index contributed by atoms with van der Waals surface area (Å²) < 4.78 is 9.67. The highest BCUT2D eigenvalue weighted by Gasteiger charge is 2.17. The lowest BCUT2D eigenvalue weighted by Gasteiger charge is -2.13. The summed E-state index contributed by atoms with van der Waals surface area (Å²) in [5.74, 6) is -0.507. The Hall–Kier alpha value is -3.59. The van der Waals surface area contributed by atoms with E-state index in [1.54, 1.807) is 33.3 Å². The molecule has 0 bridgehead atoms. The molecule has 0 spiro atoms. The number of nitrogens with one attached hydrogen (secondary N) is 1. The topological polar surface area (TPSA) is 125 Å². The SMILES string of the molecule is CCOc1ccc(C(C)=O)cc1NC(=O)c1cc(C=O)cc([N+](=O)[O-])c1.COC. The van der Waals surface area contributed by atoms with Crippen LogP contribution in [0.4, 0.5) is 11.4 Å². The molecule has 0 saturated carbocycles. The number of ketones is 1. The van der Waals surface area contributed by atoms with Gasteiger partial charge >= 0.3 is 0 Å². The maximum atomic E-state index is 12.5. The lowest BCUT2D eigenvalue weighted by molar-refractivity contribution is -0.384. The molecule has 0 atom stereocenters. The molecule has 2 rings (SSSR count). The highest BCUT2D eigenvalue weighted by atomic mass is 16.6. The van der Waals surface area contributed by atoms with Crippen molar-refractivity contribution in [2.45, 2.75) is 13.8 Å². The molecule has 0 aliphatic heterocycles. The fraction of sp³-hybridized carbons (Fsp3) is 0.250. The highest BCUT2D eigenvalue weighted by Crippen LogP contribution is 2.27. The lowest BCUT2D eigenvalue weighted by Crippen LogP contribution is -2.14. The number of ether oxygens (including phenoxy) is 2. The molecule has 1 amide bonds. The average Bonchev–Trinajstić information content (AvgIpc) is 2.69. The molecular formula is C20H22N2O7. The summed E-state index contributed by atoms with van der Waals surface area (Å²) >= 11 is 0. The van der Waals surface area contributed by atoms with Crippen LogP contribution in [0.2, 0.25) is 0 Å². The van der Waals surface area contributed by atoms with Gasteiger partial charge in [0.25, 0.3) is 11.6 Å². The summed E-state index contributed by atoms with van der Waals surface area (Å²) in [5, 5.41) is 13.5. The summed E-state index contributed by atoms with van der Waals surface area (Å²) in [7, 11) is 3.25. The number of hydrogen-bond acceptors (Lipinski definition) is 7. The van der Waals surface area contributed by atoms with Gasteiger partial charge in [0.15, 0.2) is 5.78 Å². The van der Waals surface area contributed by atoms with Gasteiger partial charge in [-0.25, -0.2) is 0 Å². The highest BCUT2D eigenvalue weighted by molar-refractivity contribution is 6.07. The molecule has 1 N–H and O–H groups in total. The van der Waals surface area contributed by atoms with Crippen molar-refractivity contribution < 1.29 is 28.8 Å². The number of nitrogens with zero attached hydrogens (tertiary/aromatic N) is 1. The van der Waals surface area contributed by atoms with Gasteiger partial charge in [-0.1, -0.05) is 0 Å². The largest absolute Gasteiger partial charge is 0.492 e. The fourth-order valence-electron chi connectivity index (χ4n) is 2.26. The summed E-state index contributed by atoms with van der Waals surface area (Å²) in [5.41, 5.74) is 0.200. The predicted octanol–water partition coefficient (Wildman–Crippen LogP) is 3.52. The first-order valence-electron chi connectivity index (χ1n) is 8.51. The number of amides is 1. The van der Waals surface area contributed by atoms with E-state index in [4.69, 9.17) is 4.74 Å². The Bertz CT molecular complexity index is 910. The Kier molecular flexibility index (Phi) is 9.14. The molecule has 0 aliphatic rings. The van der Waals surface area contributed by atoms with Gasteiger partial charge in [0.05, 0.1) is 17.2 Å². The second-order valence-corrected chi connectivity index (χ2v) is 5.75. The molecule has 0 unspecified atom stereocenters. The van der Waals surface area contributed by atoms with E-state index >= 15 is 0 Å². The summed E-state index contributed by atoms with van der Waals surface area (Å²) in [4.78, 5) is 45.3. The van der Waals surface area contributed by atoms with Gasteiger partial charge in [-0.05, 0) is 38.1 Å². The van der Waals surface area contributed by atoms with Crippen LogP contribution in [0.1, 0.15) is 44.9 Å². The normalized spacial score (nSPS) is 9.66. The Labute approximate surface area is 167 Å². The molecule has 9 heteroatoms. The second kappa shape index (κ2) is 11.3. The maximum Gasteiger partial charge on any atom is 0.270 e. The van der Waals surface area contributed by atoms with Crippen LogP contribution < -0.4 is 10.1 Å². The quantitative estimate of drug-likeness (QED) is 0.325. The molecule has 0 radical (unpaired) electrons. The molecule has 29 heavy (non-hydrogen) atoms. The number of rotatable bonds is 7. The maximum absolute atomic E-state index is 12.5. The number of Topliss-reactive ketones (excluding diaryl/α,β-unsaturated/α-hetero) is 1. The van der Waals surface area contributed by atoms with Gasteiger partial charge in [-0.15, -0.1) is 0 Å². The zero-order valence-corrected chi connectivity index (χ0v) is 16.6. The number of anilines is 1. The van der Waals surface area contributed by atoms with Crippen LogP contribution in [0.15, 0.2) is 36.4 Å². The lowest BCUT2D eigenvalue weighted by atomic mass is 10.1. The van der Waals surface area contributed by atoms with Crippen molar-refractivity contribution in [1.82, 2.24) is 0 Å². The van der Waals surface area contributed by atoms with Crippen LogP contribution in [-0.2, 0) is 4.74 Å². The van der Waals surface area contributed by atoms with Crippen molar-refractivity contribution in [3.63, 3.8) is 0 Å². The Morgan fingerprint density at radius 1 is 1.14 bits per heavy atom. The Morgan fingerprint density at radius 2 is 1.79 bits per heavy atom. The molecule has 0 heterocycles. The van der Waals surface area contributed by atoms with Crippen molar-refractivity contribution in [2.75, 3.05) is 26.1 Å². The van der Waals surface area contributed by atoms with Crippen LogP contribution in [0.25, 0.3) is 0 Å². The number of nitro benzene ring substituents is 1. The van der Waals surface area contributed by atoms with Crippen LogP contribution in [-0.4, -0.2) is 43.7 Å². The van der Waals surface area contributed by atoms with E-state index in [1.807, 2.05) is 0 Å². The molecule has 0 aliphatic carbocycles. The van der Waals surface area contributed by atoms with E-state index < -0.39 is 10.8 Å². The third kappa shape index (κ3) is 6.82. The minimum absolute atomic E-state index is 0.00636. The number of nitro groups is 1. The number of carbonyl (C=O) groups is 3. The van der Waals surface area contributed by atoms with Gasteiger partial charge in [-0.2, -0.15) is 0 Å². The molecule has 0 fully saturated rings. The zero-order chi connectivity index (χ0) is 22.0. The third-order valence-corrected chi connectivity index (χ3v) is 3.48. The first kappa shape index (κ1) is 23.4. The minimum atomic E-state index is -0.689. The summed E-state index contributed by atoms with van der Waals surface area (Å²) in [6.45, 7) is 3.49. The van der Waals surface area contributed by atoms with Crippen molar-refractivity contribution >= 4 is 29.4 Å². The van der Waals surface area contributed by atoms with Crippen LogP contribution in [0.3, 0.4) is 0 Å². The number of non-ortho nitro benzene ring substituents is 1. The first-order chi connectivity index (χ1) is 13.8. The molecule has 0 saturated heterocycles. The molecule has 154 valence electrons. The Balaban J connectivity index is 0.00000132. The van der Waals surface area contributed by atoms with E-state index in [0.29, 0.717) is 24.2 Å². The Morgan fingerprint density at radius 3 is 2.31 bits per heavy atom. The van der Waals surface area contributed by atoms with Gasteiger partial charge in [0.2, 0.25) is 0 Å². The van der Waals surface area contributed by atoms with E-state index in [1.165, 1.54) is 19.1 Å². The van der Waals surface area contributed by atoms with Gasteiger partial charge in [-0.3, -0.25) is 24.5 Å². The fourth-order valence-corrected chi connectivity index (χ4v) is 2.26.